The van der Waals surface area contributed by atoms with Crippen molar-refractivity contribution in [2.24, 2.45) is 0 Å². The van der Waals surface area contributed by atoms with Crippen LogP contribution in [0.25, 0.3) is 22.8 Å². The lowest BCUT2D eigenvalue weighted by Crippen LogP contribution is -2.02. The van der Waals surface area contributed by atoms with Crippen molar-refractivity contribution in [1.29, 1.82) is 0 Å². The van der Waals surface area contributed by atoms with E-state index in [1.54, 1.807) is 0 Å². The van der Waals surface area contributed by atoms with Crippen LogP contribution >= 0.6 is 23.4 Å². The van der Waals surface area contributed by atoms with Gasteiger partial charge in [-0.2, -0.15) is 0 Å². The molecule has 28 heavy (non-hydrogen) atoms. The highest BCUT2D eigenvalue weighted by Crippen LogP contribution is 2.28. The Bertz CT molecular complexity index is 1050. The lowest BCUT2D eigenvalue weighted by atomic mass is 10.2. The van der Waals surface area contributed by atoms with E-state index >= 15 is 0 Å². The molecular weight excluding hydrogens is 394 g/mol. The summed E-state index contributed by atoms with van der Waals surface area (Å²) >= 11 is 7.53. The van der Waals surface area contributed by atoms with Gasteiger partial charge in [0.25, 0.3) is 0 Å². The van der Waals surface area contributed by atoms with E-state index in [1.807, 2.05) is 54.6 Å². The van der Waals surface area contributed by atoms with Crippen molar-refractivity contribution in [3.63, 3.8) is 0 Å². The molecule has 0 amide bonds. The molecule has 0 spiro atoms. The summed E-state index contributed by atoms with van der Waals surface area (Å²) < 4.78 is 7.89. The molecule has 142 valence electrons. The first-order chi connectivity index (χ1) is 13.7. The third-order valence-corrected chi connectivity index (χ3v) is 5.28. The Balaban J connectivity index is 1.52. The minimum absolute atomic E-state index is 0.521. The quantitative estimate of drug-likeness (QED) is 0.382. The number of hydrogen-bond acceptors (Lipinski definition) is 6. The smallest absolute Gasteiger partial charge is 0.247 e. The van der Waals surface area contributed by atoms with Gasteiger partial charge in [-0.1, -0.05) is 48.5 Å². The standard InChI is InChI=1S/C20H18ClN5OS/c1-2-12-26-18(14-8-10-16(21)11-9-14)23-25-20(26)28-13-17-22-24-19(27-17)15-6-4-3-5-7-15/h3-11H,2,12-13H2,1H3. The van der Waals surface area contributed by atoms with E-state index in [-0.39, 0.29) is 0 Å². The number of rotatable bonds is 7. The minimum atomic E-state index is 0.521. The van der Waals surface area contributed by atoms with Crippen molar-refractivity contribution in [1.82, 2.24) is 25.0 Å². The zero-order valence-electron chi connectivity index (χ0n) is 15.2. The summed E-state index contributed by atoms with van der Waals surface area (Å²) in [6, 6.07) is 17.4. The molecule has 0 aliphatic carbocycles. The highest BCUT2D eigenvalue weighted by molar-refractivity contribution is 7.98. The van der Waals surface area contributed by atoms with Gasteiger partial charge in [0.2, 0.25) is 11.8 Å². The van der Waals surface area contributed by atoms with Crippen molar-refractivity contribution in [3.05, 3.63) is 65.5 Å². The maximum atomic E-state index is 6.00. The van der Waals surface area contributed by atoms with Crippen LogP contribution in [0.5, 0.6) is 0 Å². The Hall–Kier alpha value is -2.64. The van der Waals surface area contributed by atoms with Crippen molar-refractivity contribution in [2.75, 3.05) is 0 Å². The molecule has 0 saturated carbocycles. The Labute approximate surface area is 172 Å². The normalized spacial score (nSPS) is 11.1. The summed E-state index contributed by atoms with van der Waals surface area (Å²) in [4.78, 5) is 0. The van der Waals surface area contributed by atoms with Crippen molar-refractivity contribution in [2.45, 2.75) is 30.8 Å². The number of nitrogens with zero attached hydrogens (tertiary/aromatic N) is 5. The van der Waals surface area contributed by atoms with Gasteiger partial charge in [0.15, 0.2) is 11.0 Å². The van der Waals surface area contributed by atoms with Gasteiger partial charge in [-0.25, -0.2) is 0 Å². The SMILES string of the molecule is CCCn1c(SCc2nnc(-c3ccccc3)o2)nnc1-c1ccc(Cl)cc1. The summed E-state index contributed by atoms with van der Waals surface area (Å²) in [6.07, 6.45) is 0.977. The summed E-state index contributed by atoms with van der Waals surface area (Å²) in [5.41, 5.74) is 1.90. The molecule has 0 aliphatic heterocycles. The van der Waals surface area contributed by atoms with E-state index in [0.29, 0.717) is 22.6 Å². The molecule has 0 bridgehead atoms. The lowest BCUT2D eigenvalue weighted by molar-refractivity contribution is 0.528. The fourth-order valence-electron chi connectivity index (χ4n) is 2.77. The van der Waals surface area contributed by atoms with Crippen molar-refractivity contribution >= 4 is 23.4 Å². The monoisotopic (exact) mass is 411 g/mol. The number of halogens is 1. The first-order valence-electron chi connectivity index (χ1n) is 8.94. The van der Waals surface area contributed by atoms with E-state index in [1.165, 1.54) is 11.8 Å². The van der Waals surface area contributed by atoms with Gasteiger partial charge in [0.1, 0.15) is 0 Å². The highest BCUT2D eigenvalue weighted by atomic mass is 35.5. The fourth-order valence-corrected chi connectivity index (χ4v) is 3.70. The second kappa shape index (κ2) is 8.58. The summed E-state index contributed by atoms with van der Waals surface area (Å²) in [5, 5.41) is 18.6. The van der Waals surface area contributed by atoms with Crippen LogP contribution in [0.2, 0.25) is 5.02 Å². The van der Waals surface area contributed by atoms with E-state index in [2.05, 4.69) is 31.9 Å². The van der Waals surface area contributed by atoms with E-state index in [9.17, 15) is 0 Å². The predicted octanol–water partition coefficient (Wildman–Crippen LogP) is 5.35. The van der Waals surface area contributed by atoms with E-state index in [0.717, 1.165) is 35.1 Å². The Kier molecular flexibility index (Phi) is 5.73. The molecule has 8 heteroatoms. The third-order valence-electron chi connectivity index (χ3n) is 4.08. The fraction of sp³-hybridized carbons (Fsp3) is 0.200. The molecule has 2 aromatic carbocycles. The van der Waals surface area contributed by atoms with Crippen LogP contribution < -0.4 is 0 Å². The van der Waals surface area contributed by atoms with E-state index < -0.39 is 0 Å². The summed E-state index contributed by atoms with van der Waals surface area (Å²) in [6.45, 7) is 2.95. The molecule has 2 aromatic heterocycles. The Morgan fingerprint density at radius 1 is 0.929 bits per heavy atom. The molecule has 2 heterocycles. The number of hydrogen-bond donors (Lipinski definition) is 0. The number of benzene rings is 2. The van der Waals surface area contributed by atoms with Gasteiger partial charge in [0, 0.05) is 22.7 Å². The molecular formula is C20H18ClN5OS. The van der Waals surface area contributed by atoms with Crippen LogP contribution in [0.15, 0.2) is 64.2 Å². The van der Waals surface area contributed by atoms with Gasteiger partial charge in [-0.05, 0) is 42.8 Å². The van der Waals surface area contributed by atoms with Crippen LogP contribution in [0, 0.1) is 0 Å². The molecule has 0 unspecified atom stereocenters. The van der Waals surface area contributed by atoms with Gasteiger partial charge >= 0.3 is 0 Å². The second-order valence-corrected chi connectivity index (χ2v) is 7.50. The Morgan fingerprint density at radius 2 is 1.71 bits per heavy atom. The number of thioether (sulfide) groups is 1. The maximum absolute atomic E-state index is 6.00. The van der Waals surface area contributed by atoms with Crippen LogP contribution in [-0.2, 0) is 12.3 Å². The van der Waals surface area contributed by atoms with Gasteiger partial charge < -0.3 is 8.98 Å². The minimum Gasteiger partial charge on any atom is -0.420 e. The average Bonchev–Trinajstić information content (AvgIpc) is 3.35. The first-order valence-corrected chi connectivity index (χ1v) is 10.3. The van der Waals surface area contributed by atoms with Crippen LogP contribution in [0.1, 0.15) is 19.2 Å². The van der Waals surface area contributed by atoms with Crippen molar-refractivity contribution < 1.29 is 4.42 Å². The van der Waals surface area contributed by atoms with Gasteiger partial charge in [0.05, 0.1) is 5.75 Å². The highest BCUT2D eigenvalue weighted by Gasteiger charge is 2.16. The predicted molar refractivity (Wildman–Crippen MR) is 110 cm³/mol. The molecule has 4 rings (SSSR count). The van der Waals surface area contributed by atoms with Crippen molar-refractivity contribution in [3.8, 4) is 22.8 Å². The molecule has 6 nitrogen and oxygen atoms in total. The molecule has 0 fully saturated rings. The third kappa shape index (κ3) is 4.10. The van der Waals surface area contributed by atoms with Crippen LogP contribution in [0.3, 0.4) is 0 Å². The second-order valence-electron chi connectivity index (χ2n) is 6.12. The summed E-state index contributed by atoms with van der Waals surface area (Å²) in [7, 11) is 0. The van der Waals surface area contributed by atoms with E-state index in [4.69, 9.17) is 16.0 Å². The molecule has 0 N–H and O–H groups in total. The van der Waals surface area contributed by atoms with Crippen LogP contribution in [-0.4, -0.2) is 25.0 Å². The molecule has 4 aromatic rings. The number of aromatic nitrogens is 5. The average molecular weight is 412 g/mol. The molecule has 0 atom stereocenters. The zero-order chi connectivity index (χ0) is 19.3. The Morgan fingerprint density at radius 3 is 2.46 bits per heavy atom. The lowest BCUT2D eigenvalue weighted by Gasteiger charge is -2.08. The largest absolute Gasteiger partial charge is 0.420 e. The summed E-state index contributed by atoms with van der Waals surface area (Å²) in [5.74, 6) is 2.44. The first kappa shape index (κ1) is 18.7. The maximum Gasteiger partial charge on any atom is 0.247 e. The van der Waals surface area contributed by atoms with Crippen LogP contribution in [0.4, 0.5) is 0 Å². The molecule has 0 radical (unpaired) electrons. The topological polar surface area (TPSA) is 69.6 Å². The molecule has 0 aliphatic rings. The van der Waals surface area contributed by atoms with Gasteiger partial charge in [-0.15, -0.1) is 20.4 Å². The molecule has 0 saturated heterocycles. The van der Waals surface area contributed by atoms with Gasteiger partial charge in [-0.3, -0.25) is 0 Å². The zero-order valence-corrected chi connectivity index (χ0v) is 16.8.